The molecule has 1 saturated heterocycles. The Labute approximate surface area is 214 Å². The number of ether oxygens (including phenoxy) is 2. The lowest BCUT2D eigenvalue weighted by molar-refractivity contribution is -0.137. The number of hydrogen-bond donors (Lipinski definition) is 2. The number of nitrogen functional groups attached to an aromatic ring is 1. The van der Waals surface area contributed by atoms with Gasteiger partial charge in [0, 0.05) is 30.3 Å². The van der Waals surface area contributed by atoms with Crippen molar-refractivity contribution in [2.75, 3.05) is 38.6 Å². The van der Waals surface area contributed by atoms with Crippen LogP contribution in [0.15, 0.2) is 48.8 Å². The van der Waals surface area contributed by atoms with Gasteiger partial charge in [-0.3, -0.25) is 19.0 Å². The van der Waals surface area contributed by atoms with Crippen molar-refractivity contribution >= 4 is 23.4 Å². The summed E-state index contributed by atoms with van der Waals surface area (Å²) in [5, 5.41) is 2.98. The van der Waals surface area contributed by atoms with Crippen LogP contribution in [0.2, 0.25) is 0 Å². The predicted octanol–water partition coefficient (Wildman–Crippen LogP) is 2.12. The molecule has 0 unspecified atom stereocenters. The number of ketones is 1. The Morgan fingerprint density at radius 2 is 1.89 bits per heavy atom. The van der Waals surface area contributed by atoms with E-state index in [9.17, 15) is 14.4 Å². The number of carbonyl (C=O) groups is 3. The van der Waals surface area contributed by atoms with E-state index in [1.807, 2.05) is 13.0 Å². The minimum atomic E-state index is -0.374. The molecule has 2 fully saturated rings. The Balaban J connectivity index is 1.31. The average molecular weight is 504 g/mol. The average Bonchev–Trinajstić information content (AvgIpc) is 3.66. The molecular weight excluding hydrogens is 474 g/mol. The molecule has 0 spiro atoms. The number of aromatic nitrogens is 2. The van der Waals surface area contributed by atoms with Crippen LogP contribution < -0.4 is 15.8 Å². The molecule has 10 nitrogen and oxygen atoms in total. The van der Waals surface area contributed by atoms with Crippen molar-refractivity contribution in [3.8, 4) is 11.4 Å². The van der Waals surface area contributed by atoms with Crippen LogP contribution >= 0.6 is 0 Å². The van der Waals surface area contributed by atoms with Gasteiger partial charge in [0.25, 0.3) is 11.8 Å². The van der Waals surface area contributed by atoms with Crippen molar-refractivity contribution < 1.29 is 23.9 Å². The van der Waals surface area contributed by atoms with E-state index in [-0.39, 0.29) is 41.8 Å². The molecule has 1 saturated carbocycles. The number of rotatable bonds is 8. The standard InChI is InChI=1S/C27H29N5O5/c1-17-5-6-19(27(35)30-20-7-8-20)14-22(17)32-16-29-24(26(32)28)25(34)18-3-2-4-21(13-18)37-15-23(33)31-9-11-36-12-10-31/h2-6,13-14,16,20H,7-12,15,28H2,1H3,(H,30,35). The van der Waals surface area contributed by atoms with Crippen LogP contribution in [0.5, 0.6) is 5.75 Å². The lowest BCUT2D eigenvalue weighted by Gasteiger charge is -2.26. The number of nitrogens with one attached hydrogen (secondary N) is 1. The van der Waals surface area contributed by atoms with Crippen molar-refractivity contribution in [3.63, 3.8) is 0 Å². The SMILES string of the molecule is Cc1ccc(C(=O)NC2CC2)cc1-n1cnc(C(=O)c2cccc(OCC(=O)N3CCOCC3)c2)c1N. The number of amides is 2. The number of aryl methyl sites for hydroxylation is 1. The van der Waals surface area contributed by atoms with Crippen LogP contribution in [0, 0.1) is 6.92 Å². The van der Waals surface area contributed by atoms with E-state index in [2.05, 4.69) is 10.3 Å². The van der Waals surface area contributed by atoms with Crippen molar-refractivity contribution in [1.29, 1.82) is 0 Å². The zero-order chi connectivity index (χ0) is 25.9. The summed E-state index contributed by atoms with van der Waals surface area (Å²) in [4.78, 5) is 44.1. The van der Waals surface area contributed by atoms with Crippen molar-refractivity contribution in [2.45, 2.75) is 25.8 Å². The highest BCUT2D eigenvalue weighted by atomic mass is 16.5. The molecule has 0 radical (unpaired) electrons. The molecule has 3 N–H and O–H groups in total. The normalized spacial score (nSPS) is 15.3. The van der Waals surface area contributed by atoms with Gasteiger partial charge in [0.05, 0.1) is 18.9 Å². The van der Waals surface area contributed by atoms with E-state index in [4.69, 9.17) is 15.2 Å². The summed E-state index contributed by atoms with van der Waals surface area (Å²) in [6.45, 7) is 3.88. The van der Waals surface area contributed by atoms with Crippen molar-refractivity contribution in [1.82, 2.24) is 19.8 Å². The first-order chi connectivity index (χ1) is 17.9. The maximum atomic E-state index is 13.3. The molecule has 0 bridgehead atoms. The maximum Gasteiger partial charge on any atom is 0.260 e. The number of nitrogens with zero attached hydrogens (tertiary/aromatic N) is 3. The van der Waals surface area contributed by atoms with Gasteiger partial charge in [0.2, 0.25) is 5.78 Å². The van der Waals surface area contributed by atoms with Gasteiger partial charge in [-0.2, -0.15) is 0 Å². The fourth-order valence-electron chi connectivity index (χ4n) is 4.14. The molecule has 1 aliphatic carbocycles. The first-order valence-electron chi connectivity index (χ1n) is 12.3. The highest BCUT2D eigenvalue weighted by Crippen LogP contribution is 2.25. The van der Waals surface area contributed by atoms with E-state index >= 15 is 0 Å². The van der Waals surface area contributed by atoms with E-state index in [0.29, 0.717) is 48.9 Å². The number of hydrogen-bond acceptors (Lipinski definition) is 7. The molecule has 2 heterocycles. The molecular formula is C27H29N5O5. The Morgan fingerprint density at radius 1 is 1.11 bits per heavy atom. The third-order valence-electron chi connectivity index (χ3n) is 6.49. The molecule has 10 heteroatoms. The first kappa shape index (κ1) is 24.5. The fraction of sp³-hybridized carbons (Fsp3) is 0.333. The monoisotopic (exact) mass is 503 g/mol. The van der Waals surface area contributed by atoms with Gasteiger partial charge in [-0.05, 0) is 49.6 Å². The smallest absolute Gasteiger partial charge is 0.260 e. The molecule has 2 aliphatic rings. The third-order valence-corrected chi connectivity index (χ3v) is 6.49. The number of anilines is 1. The van der Waals surface area contributed by atoms with Crippen LogP contribution in [0.1, 0.15) is 44.8 Å². The minimum absolute atomic E-state index is 0.0915. The summed E-state index contributed by atoms with van der Waals surface area (Å²) < 4.78 is 12.5. The number of carbonyl (C=O) groups excluding carboxylic acids is 3. The highest BCUT2D eigenvalue weighted by Gasteiger charge is 2.25. The lowest BCUT2D eigenvalue weighted by Crippen LogP contribution is -2.42. The van der Waals surface area contributed by atoms with E-state index in [1.54, 1.807) is 45.9 Å². The van der Waals surface area contributed by atoms with E-state index < -0.39 is 0 Å². The molecule has 5 rings (SSSR count). The summed E-state index contributed by atoms with van der Waals surface area (Å²) in [6.07, 6.45) is 3.48. The topological polar surface area (TPSA) is 129 Å². The Kier molecular flexibility index (Phi) is 6.91. The summed E-state index contributed by atoms with van der Waals surface area (Å²) in [5.74, 6) is -0.0760. The van der Waals surface area contributed by atoms with E-state index in [1.165, 1.54) is 6.33 Å². The molecule has 1 aliphatic heterocycles. The van der Waals surface area contributed by atoms with Crippen molar-refractivity contribution in [2.24, 2.45) is 0 Å². The van der Waals surface area contributed by atoms with Gasteiger partial charge < -0.3 is 25.4 Å². The first-order valence-corrected chi connectivity index (χ1v) is 12.3. The fourth-order valence-corrected chi connectivity index (χ4v) is 4.14. The lowest BCUT2D eigenvalue weighted by atomic mass is 10.1. The number of morpholine rings is 1. The Hall–Kier alpha value is -4.18. The van der Waals surface area contributed by atoms with Crippen LogP contribution in [-0.2, 0) is 9.53 Å². The second-order valence-electron chi connectivity index (χ2n) is 9.24. The van der Waals surface area contributed by atoms with Gasteiger partial charge in [-0.15, -0.1) is 0 Å². The maximum absolute atomic E-state index is 13.3. The van der Waals surface area contributed by atoms with Gasteiger partial charge >= 0.3 is 0 Å². The van der Waals surface area contributed by atoms with Crippen LogP contribution in [0.25, 0.3) is 5.69 Å². The molecule has 0 atom stereocenters. The largest absolute Gasteiger partial charge is 0.484 e. The van der Waals surface area contributed by atoms with Crippen LogP contribution in [0.4, 0.5) is 5.82 Å². The quantitative estimate of drug-likeness (QED) is 0.451. The van der Waals surface area contributed by atoms with Gasteiger partial charge in [-0.1, -0.05) is 18.2 Å². The molecule has 2 aromatic carbocycles. The number of imidazole rings is 1. The predicted molar refractivity (Wildman–Crippen MR) is 136 cm³/mol. The number of benzene rings is 2. The summed E-state index contributed by atoms with van der Waals surface area (Å²) >= 11 is 0. The molecule has 192 valence electrons. The summed E-state index contributed by atoms with van der Waals surface area (Å²) in [6, 6.07) is 12.2. The molecule has 37 heavy (non-hydrogen) atoms. The molecule has 1 aromatic heterocycles. The number of nitrogens with two attached hydrogens (primary N) is 1. The third kappa shape index (κ3) is 5.49. The molecule has 2 amide bonds. The van der Waals surface area contributed by atoms with Gasteiger partial charge in [0.15, 0.2) is 12.3 Å². The zero-order valence-corrected chi connectivity index (χ0v) is 20.6. The van der Waals surface area contributed by atoms with Gasteiger partial charge in [-0.25, -0.2) is 4.98 Å². The second-order valence-corrected chi connectivity index (χ2v) is 9.24. The minimum Gasteiger partial charge on any atom is -0.484 e. The summed E-state index contributed by atoms with van der Waals surface area (Å²) in [7, 11) is 0. The highest BCUT2D eigenvalue weighted by molar-refractivity contribution is 6.10. The van der Waals surface area contributed by atoms with E-state index in [0.717, 1.165) is 18.4 Å². The Bertz CT molecular complexity index is 1340. The van der Waals surface area contributed by atoms with Crippen LogP contribution in [-0.4, -0.2) is 71.0 Å². The zero-order valence-electron chi connectivity index (χ0n) is 20.6. The molecule has 3 aromatic rings. The summed E-state index contributed by atoms with van der Waals surface area (Å²) in [5.41, 5.74) is 8.86. The van der Waals surface area contributed by atoms with Crippen molar-refractivity contribution in [3.05, 3.63) is 71.2 Å². The van der Waals surface area contributed by atoms with Gasteiger partial charge in [0.1, 0.15) is 17.9 Å². The Morgan fingerprint density at radius 3 is 2.65 bits per heavy atom. The van der Waals surface area contributed by atoms with Crippen LogP contribution in [0.3, 0.4) is 0 Å². The second kappa shape index (κ2) is 10.4.